The number of amides is 1. The molecule has 0 radical (unpaired) electrons. The molecular weight excluding hydrogens is 252 g/mol. The number of aliphatic hydroxyl groups excluding tert-OH is 1. The fraction of sp³-hybridized carbons (Fsp3) is 0.562. The van der Waals surface area contributed by atoms with Gasteiger partial charge in [0, 0.05) is 25.4 Å². The van der Waals surface area contributed by atoms with E-state index in [0.717, 1.165) is 31.5 Å². The van der Waals surface area contributed by atoms with Gasteiger partial charge in [-0.05, 0) is 50.3 Å². The quantitative estimate of drug-likeness (QED) is 0.824. The Balaban J connectivity index is 2.09. The minimum atomic E-state index is -0.540. The summed E-state index contributed by atoms with van der Waals surface area (Å²) in [4.78, 5) is 14.7. The van der Waals surface area contributed by atoms with Crippen molar-refractivity contribution in [2.75, 3.05) is 25.4 Å². The molecule has 1 unspecified atom stereocenters. The molecular formula is C16H24N2O2. The van der Waals surface area contributed by atoms with Crippen LogP contribution in [0.15, 0.2) is 24.3 Å². The van der Waals surface area contributed by atoms with Crippen molar-refractivity contribution in [2.45, 2.75) is 32.1 Å². The van der Waals surface area contributed by atoms with Crippen LogP contribution in [-0.4, -0.2) is 35.6 Å². The Morgan fingerprint density at radius 3 is 2.65 bits per heavy atom. The summed E-state index contributed by atoms with van der Waals surface area (Å²) in [5.74, 6) is 0.592. The van der Waals surface area contributed by atoms with Crippen molar-refractivity contribution in [3.8, 4) is 0 Å². The molecule has 1 saturated heterocycles. The van der Waals surface area contributed by atoms with Gasteiger partial charge in [0.2, 0.25) is 5.91 Å². The zero-order chi connectivity index (χ0) is 14.8. The van der Waals surface area contributed by atoms with Crippen LogP contribution in [0, 0.1) is 5.92 Å². The van der Waals surface area contributed by atoms with Crippen LogP contribution in [0.5, 0.6) is 0 Å². The highest BCUT2D eigenvalue weighted by Gasteiger charge is 2.36. The Morgan fingerprint density at radius 1 is 1.40 bits per heavy atom. The fourth-order valence-electron chi connectivity index (χ4n) is 2.85. The molecule has 20 heavy (non-hydrogen) atoms. The molecule has 1 aromatic carbocycles. The molecule has 0 spiro atoms. The molecule has 4 heteroatoms. The van der Waals surface area contributed by atoms with Gasteiger partial charge in [0.05, 0.1) is 5.41 Å². The van der Waals surface area contributed by atoms with Crippen molar-refractivity contribution in [3.05, 3.63) is 29.8 Å². The number of rotatable bonds is 4. The van der Waals surface area contributed by atoms with Gasteiger partial charge >= 0.3 is 0 Å². The number of hydrogen-bond donors (Lipinski definition) is 2. The molecule has 1 aromatic rings. The number of likely N-dealkylation sites (tertiary alicyclic amines) is 1. The molecule has 0 aliphatic carbocycles. The monoisotopic (exact) mass is 276 g/mol. The summed E-state index contributed by atoms with van der Waals surface area (Å²) < 4.78 is 0. The molecule has 1 amide bonds. The Labute approximate surface area is 120 Å². The molecule has 2 rings (SSSR count). The standard InChI is InChI=1S/C16H24N2O2/c1-16(2,13-3-5-14(17)6-4-13)15(20)18-9-7-12(11-18)8-10-19/h3-6,12,19H,7-11,17H2,1-2H3. The average molecular weight is 276 g/mol. The number of benzene rings is 1. The van der Waals surface area contributed by atoms with E-state index in [2.05, 4.69) is 0 Å². The van der Waals surface area contributed by atoms with Crippen molar-refractivity contribution < 1.29 is 9.90 Å². The number of nitrogens with two attached hydrogens (primary N) is 1. The molecule has 4 nitrogen and oxygen atoms in total. The lowest BCUT2D eigenvalue weighted by Crippen LogP contribution is -2.42. The highest BCUT2D eigenvalue weighted by atomic mass is 16.3. The molecule has 0 aromatic heterocycles. The molecule has 110 valence electrons. The van der Waals surface area contributed by atoms with E-state index in [1.807, 2.05) is 43.0 Å². The number of nitrogen functional groups attached to an aromatic ring is 1. The normalized spacial score (nSPS) is 19.4. The molecule has 1 fully saturated rings. The number of nitrogens with zero attached hydrogens (tertiary/aromatic N) is 1. The number of carbonyl (C=O) groups is 1. The zero-order valence-electron chi connectivity index (χ0n) is 12.3. The van der Waals surface area contributed by atoms with Crippen molar-refractivity contribution in [3.63, 3.8) is 0 Å². The summed E-state index contributed by atoms with van der Waals surface area (Å²) in [6.45, 7) is 5.67. The Morgan fingerprint density at radius 2 is 2.05 bits per heavy atom. The predicted octanol–water partition coefficient (Wildman–Crippen LogP) is 1.78. The van der Waals surface area contributed by atoms with Gasteiger partial charge < -0.3 is 15.7 Å². The second-order valence-electron chi connectivity index (χ2n) is 6.17. The first-order valence-corrected chi connectivity index (χ1v) is 7.21. The highest BCUT2D eigenvalue weighted by molar-refractivity contribution is 5.87. The minimum absolute atomic E-state index is 0.155. The van der Waals surface area contributed by atoms with Gasteiger partial charge in [-0.25, -0.2) is 0 Å². The van der Waals surface area contributed by atoms with E-state index in [1.54, 1.807) is 0 Å². The molecule has 3 N–H and O–H groups in total. The zero-order valence-corrected chi connectivity index (χ0v) is 12.3. The van der Waals surface area contributed by atoms with Crippen LogP contribution in [0.25, 0.3) is 0 Å². The van der Waals surface area contributed by atoms with Crippen molar-refractivity contribution in [1.29, 1.82) is 0 Å². The van der Waals surface area contributed by atoms with Gasteiger partial charge in [-0.3, -0.25) is 4.79 Å². The highest BCUT2D eigenvalue weighted by Crippen LogP contribution is 2.29. The number of aliphatic hydroxyl groups is 1. The summed E-state index contributed by atoms with van der Waals surface area (Å²) >= 11 is 0. The third-order valence-corrected chi connectivity index (χ3v) is 4.28. The maximum absolute atomic E-state index is 12.7. The smallest absolute Gasteiger partial charge is 0.232 e. The third-order valence-electron chi connectivity index (χ3n) is 4.28. The van der Waals surface area contributed by atoms with Crippen molar-refractivity contribution in [1.82, 2.24) is 4.90 Å². The molecule has 1 atom stereocenters. The van der Waals surface area contributed by atoms with Crippen LogP contribution in [0.4, 0.5) is 5.69 Å². The van der Waals surface area contributed by atoms with Gasteiger partial charge in [-0.15, -0.1) is 0 Å². The van der Waals surface area contributed by atoms with Crippen LogP contribution in [0.1, 0.15) is 32.3 Å². The largest absolute Gasteiger partial charge is 0.399 e. The lowest BCUT2D eigenvalue weighted by Gasteiger charge is -2.30. The number of anilines is 1. The minimum Gasteiger partial charge on any atom is -0.399 e. The van der Waals surface area contributed by atoms with Gasteiger partial charge in [0.15, 0.2) is 0 Å². The summed E-state index contributed by atoms with van der Waals surface area (Å²) in [5, 5.41) is 9.00. The number of carbonyl (C=O) groups excluding carboxylic acids is 1. The first kappa shape index (κ1) is 14.9. The SMILES string of the molecule is CC(C)(C(=O)N1CCC(CCO)C1)c1ccc(N)cc1. The lowest BCUT2D eigenvalue weighted by molar-refractivity contribution is -0.135. The first-order chi connectivity index (χ1) is 9.45. The lowest BCUT2D eigenvalue weighted by atomic mass is 9.83. The summed E-state index contributed by atoms with van der Waals surface area (Å²) in [6.07, 6.45) is 1.77. The van der Waals surface area contributed by atoms with Crippen LogP contribution in [0.2, 0.25) is 0 Å². The van der Waals surface area contributed by atoms with Crippen LogP contribution in [-0.2, 0) is 10.2 Å². The van der Waals surface area contributed by atoms with Crippen LogP contribution >= 0.6 is 0 Å². The van der Waals surface area contributed by atoms with E-state index in [0.29, 0.717) is 11.6 Å². The maximum Gasteiger partial charge on any atom is 0.232 e. The Bertz CT molecular complexity index is 468. The van der Waals surface area contributed by atoms with Gasteiger partial charge in [-0.2, -0.15) is 0 Å². The molecule has 1 aliphatic heterocycles. The van der Waals surface area contributed by atoms with Gasteiger partial charge in [-0.1, -0.05) is 12.1 Å². The topological polar surface area (TPSA) is 66.6 Å². The Hall–Kier alpha value is -1.55. The third kappa shape index (κ3) is 2.96. The summed E-state index contributed by atoms with van der Waals surface area (Å²) in [7, 11) is 0. The molecule has 1 heterocycles. The van der Waals surface area contributed by atoms with E-state index in [9.17, 15) is 4.79 Å². The van der Waals surface area contributed by atoms with E-state index in [4.69, 9.17) is 10.8 Å². The second kappa shape index (κ2) is 5.83. The van der Waals surface area contributed by atoms with E-state index >= 15 is 0 Å². The van der Waals surface area contributed by atoms with Crippen LogP contribution < -0.4 is 5.73 Å². The molecule has 1 aliphatic rings. The van der Waals surface area contributed by atoms with Gasteiger partial charge in [0.25, 0.3) is 0 Å². The summed E-state index contributed by atoms with van der Waals surface area (Å²) in [5.41, 5.74) is 6.86. The maximum atomic E-state index is 12.7. The van der Waals surface area contributed by atoms with Crippen molar-refractivity contribution >= 4 is 11.6 Å². The van der Waals surface area contributed by atoms with E-state index < -0.39 is 5.41 Å². The van der Waals surface area contributed by atoms with Gasteiger partial charge in [0.1, 0.15) is 0 Å². The average Bonchev–Trinajstić information content (AvgIpc) is 2.87. The van der Waals surface area contributed by atoms with E-state index in [-0.39, 0.29) is 12.5 Å². The Kier molecular flexibility index (Phi) is 4.33. The fourth-order valence-corrected chi connectivity index (χ4v) is 2.85. The first-order valence-electron chi connectivity index (χ1n) is 7.21. The van der Waals surface area contributed by atoms with E-state index in [1.165, 1.54) is 0 Å². The number of hydrogen-bond acceptors (Lipinski definition) is 3. The molecule has 0 saturated carbocycles. The second-order valence-corrected chi connectivity index (χ2v) is 6.17. The summed E-state index contributed by atoms with van der Waals surface area (Å²) in [6, 6.07) is 7.52. The predicted molar refractivity (Wildman–Crippen MR) is 80.3 cm³/mol. The molecule has 0 bridgehead atoms. The van der Waals surface area contributed by atoms with Crippen molar-refractivity contribution in [2.24, 2.45) is 5.92 Å². The van der Waals surface area contributed by atoms with Crippen LogP contribution in [0.3, 0.4) is 0 Å².